The number of ether oxygens (including phenoxy) is 1. The minimum absolute atomic E-state index is 0.300. The largest absolute Gasteiger partial charge is 0.496 e. The van der Waals surface area contributed by atoms with Crippen molar-refractivity contribution in [2.75, 3.05) is 19.4 Å². The summed E-state index contributed by atoms with van der Waals surface area (Å²) >= 11 is 0. The number of para-hydroxylation sites is 1. The Kier molecular flexibility index (Phi) is 5.00. The standard InChI is InChI=1S/C26H24N6O2/c1-33-22-6-3-2-5-21(22)18-9-8-17-10-11-31(15-19(17)13-18)16-20-14-28-26(27)32-25(20)29-24(30-32)23-7-4-12-34-23/h2-9,12-14H,10-11,15-16H2,1H3,(H2,27,28). The van der Waals surface area contributed by atoms with Gasteiger partial charge in [0.05, 0.1) is 13.4 Å². The highest BCUT2D eigenvalue weighted by atomic mass is 16.5. The first-order valence-electron chi connectivity index (χ1n) is 11.2. The lowest BCUT2D eigenvalue weighted by Crippen LogP contribution is -2.30. The number of hydrogen-bond donors (Lipinski definition) is 1. The fourth-order valence-corrected chi connectivity index (χ4v) is 4.60. The Labute approximate surface area is 196 Å². The summed E-state index contributed by atoms with van der Waals surface area (Å²) in [6.45, 7) is 2.50. The summed E-state index contributed by atoms with van der Waals surface area (Å²) in [4.78, 5) is 11.5. The third kappa shape index (κ3) is 3.58. The van der Waals surface area contributed by atoms with Gasteiger partial charge in [0.1, 0.15) is 5.75 Å². The molecule has 2 N–H and O–H groups in total. The van der Waals surface area contributed by atoms with Crippen molar-refractivity contribution in [2.24, 2.45) is 0 Å². The lowest BCUT2D eigenvalue weighted by atomic mass is 9.94. The molecular formula is C26H24N6O2. The molecule has 0 saturated carbocycles. The molecule has 0 amide bonds. The summed E-state index contributed by atoms with van der Waals surface area (Å²) in [5, 5.41) is 4.50. The maximum atomic E-state index is 6.08. The summed E-state index contributed by atoms with van der Waals surface area (Å²) in [6, 6.07) is 18.5. The molecule has 0 radical (unpaired) electrons. The van der Waals surface area contributed by atoms with Gasteiger partial charge in [-0.2, -0.15) is 4.52 Å². The van der Waals surface area contributed by atoms with Crippen molar-refractivity contribution in [2.45, 2.75) is 19.5 Å². The molecule has 3 aromatic heterocycles. The molecule has 2 aromatic carbocycles. The van der Waals surface area contributed by atoms with Crippen LogP contribution in [-0.4, -0.2) is 38.1 Å². The van der Waals surface area contributed by atoms with E-state index in [0.717, 1.165) is 42.0 Å². The molecule has 6 rings (SSSR count). The number of methoxy groups -OCH3 is 1. The smallest absolute Gasteiger partial charge is 0.223 e. The molecule has 0 bridgehead atoms. The van der Waals surface area contributed by atoms with Gasteiger partial charge in [-0.15, -0.1) is 5.10 Å². The zero-order chi connectivity index (χ0) is 23.1. The fraction of sp³-hybridized carbons (Fsp3) is 0.192. The zero-order valence-corrected chi connectivity index (χ0v) is 18.8. The number of rotatable bonds is 5. The van der Waals surface area contributed by atoms with E-state index in [4.69, 9.17) is 19.9 Å². The maximum absolute atomic E-state index is 6.08. The number of anilines is 1. The minimum Gasteiger partial charge on any atom is -0.496 e. The molecule has 0 unspecified atom stereocenters. The van der Waals surface area contributed by atoms with E-state index < -0.39 is 0 Å². The highest BCUT2D eigenvalue weighted by Gasteiger charge is 2.21. The molecule has 8 nitrogen and oxygen atoms in total. The highest BCUT2D eigenvalue weighted by molar-refractivity contribution is 5.71. The van der Waals surface area contributed by atoms with Crippen LogP contribution in [0.3, 0.4) is 0 Å². The first-order valence-corrected chi connectivity index (χ1v) is 11.2. The number of hydrogen-bond acceptors (Lipinski definition) is 7. The number of nitrogen functional groups attached to an aromatic ring is 1. The predicted molar refractivity (Wildman–Crippen MR) is 129 cm³/mol. The fourth-order valence-electron chi connectivity index (χ4n) is 4.60. The Bertz CT molecular complexity index is 1470. The summed E-state index contributed by atoms with van der Waals surface area (Å²) in [5.74, 6) is 2.28. The van der Waals surface area contributed by atoms with Crippen LogP contribution in [0.25, 0.3) is 28.4 Å². The van der Waals surface area contributed by atoms with E-state index in [2.05, 4.69) is 39.2 Å². The van der Waals surface area contributed by atoms with E-state index in [-0.39, 0.29) is 0 Å². The first-order chi connectivity index (χ1) is 16.7. The SMILES string of the molecule is COc1ccccc1-c1ccc2c(c1)CN(Cc1cnc(N)n3nc(-c4ccco4)nc13)CC2. The number of fused-ring (bicyclic) bond motifs is 2. The monoisotopic (exact) mass is 452 g/mol. The Morgan fingerprint density at radius 1 is 1.09 bits per heavy atom. The van der Waals surface area contributed by atoms with E-state index in [9.17, 15) is 0 Å². The van der Waals surface area contributed by atoms with Crippen LogP contribution in [0.1, 0.15) is 16.7 Å². The van der Waals surface area contributed by atoms with Crippen molar-refractivity contribution >= 4 is 11.6 Å². The average molecular weight is 453 g/mol. The van der Waals surface area contributed by atoms with Crippen molar-refractivity contribution in [1.82, 2.24) is 24.5 Å². The third-order valence-corrected chi connectivity index (χ3v) is 6.32. The number of benzene rings is 2. The number of aromatic nitrogens is 4. The Hall–Kier alpha value is -4.17. The number of nitrogens with two attached hydrogens (primary N) is 1. The molecule has 0 fully saturated rings. The Morgan fingerprint density at radius 3 is 2.85 bits per heavy atom. The highest BCUT2D eigenvalue weighted by Crippen LogP contribution is 2.33. The van der Waals surface area contributed by atoms with Gasteiger partial charge in [-0.25, -0.2) is 9.97 Å². The zero-order valence-electron chi connectivity index (χ0n) is 18.8. The van der Waals surface area contributed by atoms with Crippen LogP contribution in [0.2, 0.25) is 0 Å². The van der Waals surface area contributed by atoms with E-state index in [1.54, 1.807) is 24.1 Å². The van der Waals surface area contributed by atoms with Crippen LogP contribution in [0.15, 0.2) is 71.5 Å². The lowest BCUT2D eigenvalue weighted by molar-refractivity contribution is 0.246. The molecule has 0 saturated heterocycles. The molecule has 4 heterocycles. The van der Waals surface area contributed by atoms with E-state index >= 15 is 0 Å². The van der Waals surface area contributed by atoms with Crippen molar-refractivity contribution in [3.63, 3.8) is 0 Å². The van der Waals surface area contributed by atoms with E-state index in [1.165, 1.54) is 11.1 Å². The second-order valence-electron chi connectivity index (χ2n) is 8.43. The molecule has 5 aromatic rings. The molecule has 170 valence electrons. The first kappa shape index (κ1) is 20.4. The van der Waals surface area contributed by atoms with E-state index in [1.807, 2.05) is 30.3 Å². The molecule has 1 aliphatic heterocycles. The van der Waals surface area contributed by atoms with Gasteiger partial charge in [0.25, 0.3) is 0 Å². The molecule has 8 heteroatoms. The topological polar surface area (TPSA) is 94.7 Å². The van der Waals surface area contributed by atoms with Crippen molar-refractivity contribution < 1.29 is 9.15 Å². The molecule has 34 heavy (non-hydrogen) atoms. The van der Waals surface area contributed by atoms with Crippen molar-refractivity contribution in [3.05, 3.63) is 83.7 Å². The molecule has 1 aliphatic rings. The second-order valence-corrected chi connectivity index (χ2v) is 8.43. The van der Waals surface area contributed by atoms with Gasteiger partial charge in [-0.1, -0.05) is 30.3 Å². The van der Waals surface area contributed by atoms with Crippen LogP contribution in [-0.2, 0) is 19.5 Å². The minimum atomic E-state index is 0.300. The van der Waals surface area contributed by atoms with Crippen molar-refractivity contribution in [1.29, 1.82) is 0 Å². The van der Waals surface area contributed by atoms with Gasteiger partial charge >= 0.3 is 0 Å². The van der Waals surface area contributed by atoms with Crippen LogP contribution in [0, 0.1) is 0 Å². The van der Waals surface area contributed by atoms with Gasteiger partial charge in [0, 0.05) is 37.0 Å². The van der Waals surface area contributed by atoms with Gasteiger partial charge < -0.3 is 14.9 Å². The molecule has 0 spiro atoms. The summed E-state index contributed by atoms with van der Waals surface area (Å²) in [5.41, 5.74) is 12.7. The Balaban J connectivity index is 1.29. The van der Waals surface area contributed by atoms with Crippen LogP contribution in [0.5, 0.6) is 5.75 Å². The van der Waals surface area contributed by atoms with Gasteiger partial charge in [0.2, 0.25) is 11.8 Å². The van der Waals surface area contributed by atoms with Gasteiger partial charge in [-0.05, 0) is 47.4 Å². The molecule has 0 atom stereocenters. The number of furan rings is 1. The van der Waals surface area contributed by atoms with Crippen molar-refractivity contribution in [3.8, 4) is 28.5 Å². The lowest BCUT2D eigenvalue weighted by Gasteiger charge is -2.29. The number of nitrogens with zero attached hydrogens (tertiary/aromatic N) is 5. The van der Waals surface area contributed by atoms with Crippen LogP contribution < -0.4 is 10.5 Å². The van der Waals surface area contributed by atoms with E-state index in [0.29, 0.717) is 29.7 Å². The predicted octanol–water partition coefficient (Wildman–Crippen LogP) is 4.20. The van der Waals surface area contributed by atoms with Crippen LogP contribution in [0.4, 0.5) is 5.95 Å². The van der Waals surface area contributed by atoms with Gasteiger partial charge in [-0.3, -0.25) is 4.90 Å². The Morgan fingerprint density at radius 2 is 2.00 bits per heavy atom. The normalized spacial score (nSPS) is 13.8. The molecule has 0 aliphatic carbocycles. The summed E-state index contributed by atoms with van der Waals surface area (Å²) < 4.78 is 12.6. The third-order valence-electron chi connectivity index (χ3n) is 6.32. The maximum Gasteiger partial charge on any atom is 0.223 e. The average Bonchev–Trinajstić information content (AvgIpc) is 3.56. The molecular weight excluding hydrogens is 428 g/mol. The van der Waals surface area contributed by atoms with Gasteiger partial charge in [0.15, 0.2) is 11.4 Å². The quantitative estimate of drug-likeness (QED) is 0.427. The summed E-state index contributed by atoms with van der Waals surface area (Å²) in [6.07, 6.45) is 4.39. The summed E-state index contributed by atoms with van der Waals surface area (Å²) in [7, 11) is 1.71. The second kappa shape index (κ2) is 8.31. The van der Waals surface area contributed by atoms with Crippen LogP contribution >= 0.6 is 0 Å².